The Bertz CT molecular complexity index is 834. The summed E-state index contributed by atoms with van der Waals surface area (Å²) in [5.74, 6) is 0.697. The van der Waals surface area contributed by atoms with Crippen molar-refractivity contribution in [2.24, 2.45) is 0 Å². The molecule has 0 atom stereocenters. The summed E-state index contributed by atoms with van der Waals surface area (Å²) in [7, 11) is 0. The Labute approximate surface area is 135 Å². The first-order valence-corrected chi connectivity index (χ1v) is 7.71. The molecule has 4 nitrogen and oxygen atoms in total. The van der Waals surface area contributed by atoms with Gasteiger partial charge in [-0.1, -0.05) is 12.1 Å². The number of hydrogen-bond donors (Lipinski definition) is 0. The molecule has 6 heteroatoms. The number of hydrogen-bond acceptors (Lipinski definition) is 4. The smallest absolute Gasteiger partial charge is 0.172 e. The van der Waals surface area contributed by atoms with Crippen LogP contribution in [0.4, 0.5) is 10.2 Å². The number of anilines is 1. The van der Waals surface area contributed by atoms with E-state index in [0.717, 1.165) is 15.5 Å². The second kappa shape index (κ2) is 4.98. The molecule has 0 amide bonds. The molecule has 22 heavy (non-hydrogen) atoms. The van der Waals surface area contributed by atoms with Crippen molar-refractivity contribution in [3.05, 3.63) is 59.0 Å². The van der Waals surface area contributed by atoms with Crippen LogP contribution in [0, 0.1) is 0 Å². The first-order chi connectivity index (χ1) is 10.7. The second-order valence-electron chi connectivity index (χ2n) is 5.40. The number of aromatic nitrogens is 3. The van der Waals surface area contributed by atoms with Gasteiger partial charge in [-0.15, -0.1) is 0 Å². The summed E-state index contributed by atoms with van der Waals surface area (Å²) in [6, 6.07) is 9.27. The first kappa shape index (κ1) is 13.6. The molecule has 3 aromatic rings. The molecule has 1 saturated heterocycles. The van der Waals surface area contributed by atoms with Gasteiger partial charge in [0.05, 0.1) is 24.8 Å². The molecule has 4 rings (SSSR count). The average molecular weight is 359 g/mol. The minimum absolute atomic E-state index is 0.271. The number of fused-ring (bicyclic) bond motifs is 1. The number of pyridine rings is 1. The fraction of sp³-hybridized carbons (Fsp3) is 0.188. The third kappa shape index (κ3) is 2.14. The lowest BCUT2D eigenvalue weighted by Gasteiger charge is -2.45. The molecule has 0 N–H and O–H groups in total. The molecule has 1 fully saturated rings. The molecular formula is C16H12BrFN4. The lowest BCUT2D eigenvalue weighted by molar-refractivity contribution is 0.119. The molecule has 0 bridgehead atoms. The lowest BCUT2D eigenvalue weighted by atomic mass is 9.89. The van der Waals surface area contributed by atoms with E-state index in [9.17, 15) is 4.39 Å². The van der Waals surface area contributed by atoms with Crippen LogP contribution in [0.25, 0.3) is 11.0 Å². The van der Waals surface area contributed by atoms with Crippen molar-refractivity contribution in [3.8, 4) is 0 Å². The van der Waals surface area contributed by atoms with Crippen LogP contribution in [-0.2, 0) is 5.67 Å². The van der Waals surface area contributed by atoms with Crippen LogP contribution in [0.3, 0.4) is 0 Å². The Kier molecular flexibility index (Phi) is 3.07. The molecule has 0 saturated carbocycles. The highest BCUT2D eigenvalue weighted by Crippen LogP contribution is 2.38. The molecule has 0 spiro atoms. The summed E-state index contributed by atoms with van der Waals surface area (Å²) in [6.07, 6.45) is 4.92. The topological polar surface area (TPSA) is 41.9 Å². The number of benzene rings is 1. The van der Waals surface area contributed by atoms with Crippen molar-refractivity contribution in [1.82, 2.24) is 15.0 Å². The molecular weight excluding hydrogens is 347 g/mol. The largest absolute Gasteiger partial charge is 0.348 e. The van der Waals surface area contributed by atoms with Gasteiger partial charge in [0.2, 0.25) is 0 Å². The van der Waals surface area contributed by atoms with Gasteiger partial charge in [0.25, 0.3) is 0 Å². The number of alkyl halides is 1. The quantitative estimate of drug-likeness (QED) is 0.703. The van der Waals surface area contributed by atoms with Gasteiger partial charge in [-0.2, -0.15) is 0 Å². The third-order valence-electron chi connectivity index (χ3n) is 3.90. The van der Waals surface area contributed by atoms with E-state index in [-0.39, 0.29) is 13.1 Å². The van der Waals surface area contributed by atoms with Gasteiger partial charge in [-0.25, -0.2) is 14.4 Å². The van der Waals surface area contributed by atoms with Gasteiger partial charge < -0.3 is 4.90 Å². The molecule has 2 aromatic heterocycles. The van der Waals surface area contributed by atoms with Crippen LogP contribution in [0.2, 0.25) is 0 Å². The summed E-state index contributed by atoms with van der Waals surface area (Å²) in [5, 5.41) is 0. The summed E-state index contributed by atoms with van der Waals surface area (Å²) in [4.78, 5) is 14.9. The summed E-state index contributed by atoms with van der Waals surface area (Å²) in [6.45, 7) is 0.541. The van der Waals surface area contributed by atoms with E-state index >= 15 is 0 Å². The van der Waals surface area contributed by atoms with Gasteiger partial charge in [0.15, 0.2) is 5.67 Å². The first-order valence-electron chi connectivity index (χ1n) is 6.91. The Hall–Kier alpha value is -2.08. The Morgan fingerprint density at radius 2 is 2.00 bits per heavy atom. The highest BCUT2D eigenvalue weighted by atomic mass is 79.9. The molecule has 110 valence electrons. The summed E-state index contributed by atoms with van der Waals surface area (Å²) in [5.41, 5.74) is 0.861. The maximum atomic E-state index is 14.8. The maximum Gasteiger partial charge on any atom is 0.172 e. The van der Waals surface area contributed by atoms with Crippen molar-refractivity contribution >= 4 is 32.8 Å². The highest BCUT2D eigenvalue weighted by Gasteiger charge is 2.46. The van der Waals surface area contributed by atoms with Crippen LogP contribution in [0.15, 0.2) is 53.4 Å². The van der Waals surface area contributed by atoms with Gasteiger partial charge in [-0.05, 0) is 34.1 Å². The van der Waals surface area contributed by atoms with Gasteiger partial charge in [0, 0.05) is 22.4 Å². The van der Waals surface area contributed by atoms with E-state index in [1.807, 2.05) is 23.1 Å². The van der Waals surface area contributed by atoms with Crippen molar-refractivity contribution in [2.75, 3.05) is 18.0 Å². The number of rotatable bonds is 2. The zero-order chi connectivity index (χ0) is 15.2. The van der Waals surface area contributed by atoms with Crippen LogP contribution in [0.5, 0.6) is 0 Å². The second-order valence-corrected chi connectivity index (χ2v) is 6.25. The van der Waals surface area contributed by atoms with E-state index < -0.39 is 5.67 Å². The van der Waals surface area contributed by atoms with Gasteiger partial charge >= 0.3 is 0 Å². The van der Waals surface area contributed by atoms with Gasteiger partial charge in [0.1, 0.15) is 11.3 Å². The molecule has 3 heterocycles. The molecule has 1 aromatic carbocycles. The molecule has 1 aliphatic heterocycles. The monoisotopic (exact) mass is 358 g/mol. The summed E-state index contributed by atoms with van der Waals surface area (Å²) >= 11 is 3.46. The van der Waals surface area contributed by atoms with Crippen molar-refractivity contribution in [3.63, 3.8) is 0 Å². The highest BCUT2D eigenvalue weighted by molar-refractivity contribution is 9.10. The minimum Gasteiger partial charge on any atom is -0.348 e. The standard InChI is InChI=1S/C16H12BrFN4/c17-12-4-1-5-13-15(12)20-8-14(21-13)22-9-16(18,10-22)11-3-2-6-19-7-11/h1-8H,9-10H2. The maximum absolute atomic E-state index is 14.8. The van der Waals surface area contributed by atoms with E-state index in [2.05, 4.69) is 30.9 Å². The molecule has 1 aliphatic rings. The Morgan fingerprint density at radius 1 is 1.14 bits per heavy atom. The molecule has 0 unspecified atom stereocenters. The van der Waals surface area contributed by atoms with E-state index in [0.29, 0.717) is 11.4 Å². The van der Waals surface area contributed by atoms with Crippen LogP contribution in [0.1, 0.15) is 5.56 Å². The Balaban J connectivity index is 1.60. The van der Waals surface area contributed by atoms with Crippen molar-refractivity contribution in [1.29, 1.82) is 0 Å². The van der Waals surface area contributed by atoms with E-state index in [1.165, 1.54) is 0 Å². The van der Waals surface area contributed by atoms with Crippen LogP contribution < -0.4 is 4.90 Å². The van der Waals surface area contributed by atoms with E-state index in [4.69, 9.17) is 0 Å². The van der Waals surface area contributed by atoms with Crippen molar-refractivity contribution < 1.29 is 4.39 Å². The molecule has 0 radical (unpaired) electrons. The van der Waals surface area contributed by atoms with Crippen molar-refractivity contribution in [2.45, 2.75) is 5.67 Å². The predicted octanol–water partition coefficient (Wildman–Crippen LogP) is 3.47. The minimum atomic E-state index is -1.36. The lowest BCUT2D eigenvalue weighted by Crippen LogP contribution is -2.57. The normalized spacial score (nSPS) is 16.5. The average Bonchev–Trinajstić information content (AvgIpc) is 2.52. The fourth-order valence-electron chi connectivity index (χ4n) is 2.68. The number of para-hydroxylation sites is 1. The van der Waals surface area contributed by atoms with E-state index in [1.54, 1.807) is 30.7 Å². The van der Waals surface area contributed by atoms with Crippen LogP contribution >= 0.6 is 15.9 Å². The number of halogens is 2. The van der Waals surface area contributed by atoms with Crippen LogP contribution in [-0.4, -0.2) is 28.0 Å². The molecule has 0 aliphatic carbocycles. The third-order valence-corrected chi connectivity index (χ3v) is 4.54. The Morgan fingerprint density at radius 3 is 2.77 bits per heavy atom. The SMILES string of the molecule is FC1(c2cccnc2)CN(c2cnc3c(Br)cccc3n2)C1. The van der Waals surface area contributed by atoms with Gasteiger partial charge in [-0.3, -0.25) is 4.98 Å². The number of nitrogens with zero attached hydrogens (tertiary/aromatic N) is 4. The zero-order valence-electron chi connectivity index (χ0n) is 11.6. The summed E-state index contributed by atoms with van der Waals surface area (Å²) < 4.78 is 15.7. The predicted molar refractivity (Wildman–Crippen MR) is 86.5 cm³/mol. The zero-order valence-corrected chi connectivity index (χ0v) is 13.2. The fourth-order valence-corrected chi connectivity index (χ4v) is 3.14.